The van der Waals surface area contributed by atoms with E-state index in [9.17, 15) is 0 Å². The van der Waals surface area contributed by atoms with Crippen molar-refractivity contribution < 1.29 is 4.74 Å². The molecule has 0 amide bonds. The first-order chi connectivity index (χ1) is 12.6. The summed E-state index contributed by atoms with van der Waals surface area (Å²) in [6.07, 6.45) is 5.38. The third kappa shape index (κ3) is 2.52. The Morgan fingerprint density at radius 2 is 1.81 bits per heavy atom. The predicted octanol–water partition coefficient (Wildman–Crippen LogP) is 5.79. The lowest BCUT2D eigenvalue weighted by Crippen LogP contribution is -2.55. The summed E-state index contributed by atoms with van der Waals surface area (Å²) >= 11 is 6.07. The van der Waals surface area contributed by atoms with Crippen LogP contribution in [0.3, 0.4) is 0 Å². The molecule has 0 N–H and O–H groups in total. The highest BCUT2D eigenvalue weighted by Crippen LogP contribution is 2.51. The first-order valence-corrected chi connectivity index (χ1v) is 9.93. The number of ether oxygens (including phenoxy) is 1. The van der Waals surface area contributed by atoms with Gasteiger partial charge in [-0.1, -0.05) is 48.9 Å². The van der Waals surface area contributed by atoms with Gasteiger partial charge in [0.2, 0.25) is 0 Å². The van der Waals surface area contributed by atoms with Gasteiger partial charge in [0, 0.05) is 29.8 Å². The van der Waals surface area contributed by atoms with Gasteiger partial charge in [-0.05, 0) is 42.5 Å². The largest absolute Gasteiger partial charge is 0.466 e. The number of benzene rings is 2. The van der Waals surface area contributed by atoms with Crippen LogP contribution in [0.2, 0.25) is 5.02 Å². The van der Waals surface area contributed by atoms with Crippen LogP contribution in [0.4, 0.5) is 0 Å². The maximum Gasteiger partial charge on any atom is 0.198 e. The second-order valence-electron chi connectivity index (χ2n) is 7.89. The highest BCUT2D eigenvalue weighted by atomic mass is 35.5. The Hall–Kier alpha value is -2.00. The number of hydrogen-bond acceptors (Lipinski definition) is 3. The van der Waals surface area contributed by atoms with Gasteiger partial charge >= 0.3 is 0 Å². The van der Waals surface area contributed by atoms with E-state index in [0.29, 0.717) is 0 Å². The number of rotatable bonds is 1. The fourth-order valence-corrected chi connectivity index (χ4v) is 4.72. The van der Waals surface area contributed by atoms with E-state index in [1.54, 1.807) is 0 Å². The highest BCUT2D eigenvalue weighted by molar-refractivity contribution is 6.30. The number of hydrazone groups is 1. The van der Waals surface area contributed by atoms with Crippen molar-refractivity contribution in [1.29, 1.82) is 0 Å². The van der Waals surface area contributed by atoms with E-state index >= 15 is 0 Å². The van der Waals surface area contributed by atoms with E-state index in [4.69, 9.17) is 21.4 Å². The molecule has 134 valence electrons. The molecule has 26 heavy (non-hydrogen) atoms. The lowest BCUT2D eigenvalue weighted by molar-refractivity contribution is -0.145. The molecule has 1 fully saturated rings. The number of fused-ring (bicyclic) bond motifs is 4. The second kappa shape index (κ2) is 6.02. The van der Waals surface area contributed by atoms with E-state index in [2.05, 4.69) is 48.3 Å². The molecule has 4 heteroatoms. The Labute approximate surface area is 159 Å². The Morgan fingerprint density at radius 3 is 2.58 bits per heavy atom. The van der Waals surface area contributed by atoms with Crippen LogP contribution < -0.4 is 4.74 Å². The molecule has 1 aliphatic carbocycles. The van der Waals surface area contributed by atoms with Gasteiger partial charge in [-0.25, -0.2) is 5.01 Å². The van der Waals surface area contributed by atoms with E-state index in [1.165, 1.54) is 18.4 Å². The molecule has 1 saturated carbocycles. The molecule has 3 aliphatic rings. The third-order valence-electron chi connectivity index (χ3n) is 6.14. The molecule has 1 unspecified atom stereocenters. The topological polar surface area (TPSA) is 24.8 Å². The van der Waals surface area contributed by atoms with Crippen molar-refractivity contribution in [2.75, 3.05) is 0 Å². The first-order valence-electron chi connectivity index (χ1n) is 9.55. The average Bonchev–Trinajstić information content (AvgIpc) is 3.12. The summed E-state index contributed by atoms with van der Waals surface area (Å²) in [7, 11) is 0. The van der Waals surface area contributed by atoms with E-state index < -0.39 is 0 Å². The van der Waals surface area contributed by atoms with Crippen LogP contribution in [-0.2, 0) is 0 Å². The minimum absolute atomic E-state index is 0.263. The Bertz CT molecular complexity index is 853. The van der Waals surface area contributed by atoms with Gasteiger partial charge in [0.25, 0.3) is 0 Å². The van der Waals surface area contributed by atoms with Gasteiger partial charge < -0.3 is 4.74 Å². The molecule has 2 aromatic rings. The molecule has 2 heterocycles. The van der Waals surface area contributed by atoms with E-state index in [-0.39, 0.29) is 11.8 Å². The van der Waals surface area contributed by atoms with Crippen LogP contribution >= 0.6 is 11.6 Å². The Morgan fingerprint density at radius 1 is 1.08 bits per heavy atom. The molecule has 0 radical (unpaired) electrons. The smallest absolute Gasteiger partial charge is 0.198 e. The first kappa shape index (κ1) is 16.2. The number of hydrogen-bond donors (Lipinski definition) is 0. The molecule has 5 rings (SSSR count). The highest BCUT2D eigenvalue weighted by Gasteiger charge is 2.51. The standard InChI is InChI=1S/C22H23ClN2O/c1-15-10-12-22(13-11-15)25-20(18-4-2-3-5-21(18)26-22)14-19(24-25)16-6-8-17(23)9-7-16/h2-9,15,20H,10-14H2,1H3. The number of halogens is 1. The zero-order valence-corrected chi connectivity index (χ0v) is 15.7. The van der Waals surface area contributed by atoms with Crippen molar-refractivity contribution in [2.24, 2.45) is 11.0 Å². The fourth-order valence-electron chi connectivity index (χ4n) is 4.59. The maximum absolute atomic E-state index is 6.62. The third-order valence-corrected chi connectivity index (χ3v) is 6.39. The molecular formula is C22H23ClN2O. The Kier molecular flexibility index (Phi) is 3.75. The van der Waals surface area contributed by atoms with Crippen molar-refractivity contribution in [3.63, 3.8) is 0 Å². The number of para-hydroxylation sites is 1. The van der Waals surface area contributed by atoms with Gasteiger partial charge in [0.15, 0.2) is 5.72 Å². The van der Waals surface area contributed by atoms with Crippen LogP contribution in [0.5, 0.6) is 5.75 Å². The van der Waals surface area contributed by atoms with Crippen molar-refractivity contribution in [3.8, 4) is 5.75 Å². The summed E-state index contributed by atoms with van der Waals surface area (Å²) in [6, 6.07) is 16.8. The van der Waals surface area contributed by atoms with Gasteiger partial charge in [-0.3, -0.25) is 0 Å². The monoisotopic (exact) mass is 366 g/mol. The lowest BCUT2D eigenvalue weighted by atomic mass is 9.82. The van der Waals surface area contributed by atoms with E-state index in [1.807, 2.05) is 12.1 Å². The average molecular weight is 367 g/mol. The molecule has 2 aliphatic heterocycles. The molecule has 0 saturated heterocycles. The molecule has 1 atom stereocenters. The van der Waals surface area contributed by atoms with Crippen LogP contribution in [0, 0.1) is 5.92 Å². The fraction of sp³-hybridized carbons (Fsp3) is 0.409. The van der Waals surface area contributed by atoms with Crippen molar-refractivity contribution >= 4 is 17.3 Å². The minimum Gasteiger partial charge on any atom is -0.466 e. The quantitative estimate of drug-likeness (QED) is 0.638. The second-order valence-corrected chi connectivity index (χ2v) is 8.32. The van der Waals surface area contributed by atoms with Gasteiger partial charge in [-0.15, -0.1) is 0 Å². The maximum atomic E-state index is 6.62. The van der Waals surface area contributed by atoms with E-state index in [0.717, 1.165) is 47.2 Å². The summed E-state index contributed by atoms with van der Waals surface area (Å²) in [5, 5.41) is 8.14. The minimum atomic E-state index is -0.292. The molecule has 3 nitrogen and oxygen atoms in total. The summed E-state index contributed by atoms with van der Waals surface area (Å²) in [5.41, 5.74) is 3.25. The molecule has 1 spiro atoms. The molecule has 2 aromatic carbocycles. The normalized spacial score (nSPS) is 29.8. The van der Waals surface area contributed by atoms with Crippen LogP contribution in [0.15, 0.2) is 53.6 Å². The zero-order valence-electron chi connectivity index (χ0n) is 15.0. The van der Waals surface area contributed by atoms with Crippen molar-refractivity contribution in [2.45, 2.75) is 50.8 Å². The van der Waals surface area contributed by atoms with Gasteiger partial charge in [-0.2, -0.15) is 5.10 Å². The summed E-state index contributed by atoms with van der Waals surface area (Å²) in [6.45, 7) is 2.34. The van der Waals surface area contributed by atoms with Crippen LogP contribution in [-0.4, -0.2) is 16.4 Å². The SMILES string of the molecule is CC1CCC2(CC1)Oc1ccccc1C1CC(c3ccc(Cl)cc3)=NN12. The van der Waals surface area contributed by atoms with Crippen LogP contribution in [0.25, 0.3) is 0 Å². The summed E-state index contributed by atoms with van der Waals surface area (Å²) in [4.78, 5) is 0. The van der Waals surface area contributed by atoms with Crippen LogP contribution in [0.1, 0.15) is 56.2 Å². The number of nitrogens with zero attached hydrogens (tertiary/aromatic N) is 2. The van der Waals surface area contributed by atoms with Crippen molar-refractivity contribution in [3.05, 3.63) is 64.7 Å². The lowest BCUT2D eigenvalue weighted by Gasteiger charge is -2.50. The Balaban J connectivity index is 1.57. The predicted molar refractivity (Wildman–Crippen MR) is 105 cm³/mol. The molecule has 0 aromatic heterocycles. The van der Waals surface area contributed by atoms with Gasteiger partial charge in [0.1, 0.15) is 5.75 Å². The zero-order chi connectivity index (χ0) is 17.7. The molecular weight excluding hydrogens is 344 g/mol. The summed E-state index contributed by atoms with van der Waals surface area (Å²) < 4.78 is 6.62. The van der Waals surface area contributed by atoms with Crippen molar-refractivity contribution in [1.82, 2.24) is 5.01 Å². The van der Waals surface area contributed by atoms with Gasteiger partial charge in [0.05, 0.1) is 11.8 Å². The summed E-state index contributed by atoms with van der Waals surface area (Å²) in [5.74, 6) is 1.80. The molecule has 0 bridgehead atoms.